The lowest BCUT2D eigenvalue weighted by atomic mass is 10.2. The van der Waals surface area contributed by atoms with E-state index in [-0.39, 0.29) is 5.38 Å². The highest BCUT2D eigenvalue weighted by atomic mass is 35.5. The van der Waals surface area contributed by atoms with E-state index in [0.717, 1.165) is 45.6 Å². The van der Waals surface area contributed by atoms with Crippen molar-refractivity contribution < 1.29 is 4.74 Å². The third-order valence-corrected chi connectivity index (χ3v) is 3.05. The molecule has 0 bridgehead atoms. The Labute approximate surface area is 98.1 Å². The first-order valence-corrected chi connectivity index (χ1v) is 6.31. The summed E-state index contributed by atoms with van der Waals surface area (Å²) in [5, 5.41) is 3.64. The van der Waals surface area contributed by atoms with Crippen LogP contribution in [0.3, 0.4) is 0 Å². The Morgan fingerprint density at radius 3 is 3.07 bits per heavy atom. The first-order valence-electron chi connectivity index (χ1n) is 5.87. The average Bonchev–Trinajstić information content (AvgIpc) is 2.18. The predicted octanol–water partition coefficient (Wildman–Crippen LogP) is 1.31. The van der Waals surface area contributed by atoms with Gasteiger partial charge in [0.25, 0.3) is 0 Å². The Kier molecular flexibility index (Phi) is 6.57. The summed E-state index contributed by atoms with van der Waals surface area (Å²) in [4.78, 5) is 2.31. The monoisotopic (exact) mass is 234 g/mol. The molecule has 15 heavy (non-hydrogen) atoms. The SMILES string of the molecule is CCCC(Cl)CNCC1CN(C)CCO1. The van der Waals surface area contributed by atoms with Gasteiger partial charge in [-0.25, -0.2) is 0 Å². The fourth-order valence-electron chi connectivity index (χ4n) is 1.81. The minimum Gasteiger partial charge on any atom is -0.374 e. The van der Waals surface area contributed by atoms with E-state index >= 15 is 0 Å². The second kappa shape index (κ2) is 7.44. The van der Waals surface area contributed by atoms with Crippen molar-refractivity contribution in [1.29, 1.82) is 0 Å². The molecule has 0 aromatic rings. The van der Waals surface area contributed by atoms with Crippen molar-refractivity contribution in [2.24, 2.45) is 0 Å². The van der Waals surface area contributed by atoms with Gasteiger partial charge in [-0.15, -0.1) is 11.6 Å². The van der Waals surface area contributed by atoms with Crippen molar-refractivity contribution in [3.05, 3.63) is 0 Å². The minimum atomic E-state index is 0.260. The maximum Gasteiger partial charge on any atom is 0.0826 e. The highest BCUT2D eigenvalue weighted by Crippen LogP contribution is 2.04. The summed E-state index contributed by atoms with van der Waals surface area (Å²) in [5.74, 6) is 0. The fourth-order valence-corrected chi connectivity index (χ4v) is 2.13. The molecular formula is C11H23ClN2O. The number of nitrogens with one attached hydrogen (secondary N) is 1. The van der Waals surface area contributed by atoms with E-state index in [1.54, 1.807) is 0 Å². The third-order valence-electron chi connectivity index (χ3n) is 2.68. The molecule has 0 spiro atoms. The van der Waals surface area contributed by atoms with Crippen LogP contribution in [0.1, 0.15) is 19.8 Å². The summed E-state index contributed by atoms with van der Waals surface area (Å²) in [5.41, 5.74) is 0. The fraction of sp³-hybridized carbons (Fsp3) is 1.00. The number of alkyl halides is 1. The highest BCUT2D eigenvalue weighted by Gasteiger charge is 2.17. The number of morpholine rings is 1. The zero-order valence-corrected chi connectivity index (χ0v) is 10.6. The standard InChI is InChI=1S/C11H23ClN2O/c1-3-4-10(12)7-13-8-11-9-14(2)5-6-15-11/h10-11,13H,3-9H2,1-2H3. The largest absolute Gasteiger partial charge is 0.374 e. The molecule has 0 radical (unpaired) electrons. The number of likely N-dealkylation sites (N-methyl/N-ethyl adjacent to an activating group) is 1. The van der Waals surface area contributed by atoms with Crippen LogP contribution < -0.4 is 5.32 Å². The van der Waals surface area contributed by atoms with Gasteiger partial charge in [0.1, 0.15) is 0 Å². The third kappa shape index (κ3) is 5.71. The van der Waals surface area contributed by atoms with E-state index in [1.165, 1.54) is 0 Å². The minimum absolute atomic E-state index is 0.260. The molecule has 0 amide bonds. The topological polar surface area (TPSA) is 24.5 Å². The lowest BCUT2D eigenvalue weighted by molar-refractivity contribution is -0.0179. The normalized spacial score (nSPS) is 25.4. The van der Waals surface area contributed by atoms with Crippen LogP contribution in [0.4, 0.5) is 0 Å². The summed E-state index contributed by atoms with van der Waals surface area (Å²) in [6.07, 6.45) is 2.56. The van der Waals surface area contributed by atoms with Gasteiger partial charge in [-0.1, -0.05) is 13.3 Å². The Bertz CT molecular complexity index is 169. The summed E-state index contributed by atoms with van der Waals surface area (Å²) >= 11 is 6.11. The molecule has 1 saturated heterocycles. The van der Waals surface area contributed by atoms with Gasteiger partial charge in [0.15, 0.2) is 0 Å². The van der Waals surface area contributed by atoms with Crippen LogP contribution >= 0.6 is 11.6 Å². The summed E-state index contributed by atoms with van der Waals surface area (Å²) in [6.45, 7) is 6.88. The Morgan fingerprint density at radius 2 is 2.40 bits per heavy atom. The van der Waals surface area contributed by atoms with E-state index in [9.17, 15) is 0 Å². The molecule has 0 aromatic heterocycles. The van der Waals surface area contributed by atoms with E-state index in [2.05, 4.69) is 24.2 Å². The van der Waals surface area contributed by atoms with Crippen molar-refractivity contribution in [2.45, 2.75) is 31.2 Å². The lowest BCUT2D eigenvalue weighted by Gasteiger charge is -2.30. The zero-order valence-electron chi connectivity index (χ0n) is 9.84. The van der Waals surface area contributed by atoms with Crippen molar-refractivity contribution in [2.75, 3.05) is 39.8 Å². The van der Waals surface area contributed by atoms with Gasteiger partial charge >= 0.3 is 0 Å². The number of halogens is 1. The first-order chi connectivity index (χ1) is 7.22. The van der Waals surface area contributed by atoms with Crippen molar-refractivity contribution in [3.8, 4) is 0 Å². The van der Waals surface area contributed by atoms with Gasteiger partial charge in [-0.05, 0) is 13.5 Å². The molecule has 3 nitrogen and oxygen atoms in total. The molecule has 0 aromatic carbocycles. The van der Waals surface area contributed by atoms with Gasteiger partial charge in [0, 0.05) is 31.6 Å². The first kappa shape index (κ1) is 13.2. The maximum absolute atomic E-state index is 6.11. The zero-order chi connectivity index (χ0) is 11.1. The van der Waals surface area contributed by atoms with Gasteiger partial charge in [0.05, 0.1) is 12.7 Å². The molecule has 1 rings (SSSR count). The molecule has 90 valence electrons. The van der Waals surface area contributed by atoms with Gasteiger partial charge in [-0.3, -0.25) is 0 Å². The molecule has 1 aliphatic heterocycles. The van der Waals surface area contributed by atoms with Crippen molar-refractivity contribution in [1.82, 2.24) is 10.2 Å². The second-order valence-electron chi connectivity index (χ2n) is 4.30. The van der Waals surface area contributed by atoms with Crippen LogP contribution in [0.5, 0.6) is 0 Å². The second-order valence-corrected chi connectivity index (χ2v) is 4.92. The molecular weight excluding hydrogens is 212 g/mol. The van der Waals surface area contributed by atoms with Crippen molar-refractivity contribution >= 4 is 11.6 Å². The molecule has 1 aliphatic rings. The average molecular weight is 235 g/mol. The maximum atomic E-state index is 6.11. The van der Waals surface area contributed by atoms with Gasteiger partial charge in [-0.2, -0.15) is 0 Å². The van der Waals surface area contributed by atoms with Crippen molar-refractivity contribution in [3.63, 3.8) is 0 Å². The number of hydrogen-bond donors (Lipinski definition) is 1. The molecule has 2 unspecified atom stereocenters. The van der Waals surface area contributed by atoms with Crippen LogP contribution in [0, 0.1) is 0 Å². The Morgan fingerprint density at radius 1 is 1.60 bits per heavy atom. The Balaban J connectivity index is 2.03. The van der Waals surface area contributed by atoms with Crippen LogP contribution in [0.15, 0.2) is 0 Å². The number of rotatable bonds is 6. The van der Waals surface area contributed by atoms with E-state index in [4.69, 9.17) is 16.3 Å². The smallest absolute Gasteiger partial charge is 0.0826 e. The van der Waals surface area contributed by atoms with E-state index in [0.29, 0.717) is 6.10 Å². The number of hydrogen-bond acceptors (Lipinski definition) is 3. The van der Waals surface area contributed by atoms with Crippen LogP contribution in [0.25, 0.3) is 0 Å². The molecule has 1 fully saturated rings. The molecule has 1 heterocycles. The van der Waals surface area contributed by atoms with E-state index < -0.39 is 0 Å². The number of nitrogens with zero attached hydrogens (tertiary/aromatic N) is 1. The van der Waals surface area contributed by atoms with Crippen LogP contribution in [-0.2, 0) is 4.74 Å². The molecule has 0 aliphatic carbocycles. The van der Waals surface area contributed by atoms with Gasteiger partial charge in [0.2, 0.25) is 0 Å². The molecule has 0 saturated carbocycles. The highest BCUT2D eigenvalue weighted by molar-refractivity contribution is 6.20. The Hall–Kier alpha value is 0.170. The summed E-state index contributed by atoms with van der Waals surface area (Å²) < 4.78 is 5.64. The van der Waals surface area contributed by atoms with Crippen LogP contribution in [0.2, 0.25) is 0 Å². The van der Waals surface area contributed by atoms with Crippen LogP contribution in [-0.4, -0.2) is 56.2 Å². The molecule has 1 N–H and O–H groups in total. The number of ether oxygens (including phenoxy) is 1. The van der Waals surface area contributed by atoms with Gasteiger partial charge < -0.3 is 15.0 Å². The van der Waals surface area contributed by atoms with E-state index in [1.807, 2.05) is 0 Å². The summed E-state index contributed by atoms with van der Waals surface area (Å²) in [7, 11) is 2.14. The quantitative estimate of drug-likeness (QED) is 0.702. The lowest BCUT2D eigenvalue weighted by Crippen LogP contribution is -2.45. The summed E-state index contributed by atoms with van der Waals surface area (Å²) in [6, 6.07) is 0. The molecule has 4 heteroatoms. The molecule has 2 atom stereocenters. The predicted molar refractivity (Wildman–Crippen MR) is 64.7 cm³/mol.